The average Bonchev–Trinajstić information content (AvgIpc) is 2.37. The van der Waals surface area contributed by atoms with E-state index in [1.54, 1.807) is 0 Å². The Morgan fingerprint density at radius 1 is 1.11 bits per heavy atom. The van der Waals surface area contributed by atoms with Crippen molar-refractivity contribution >= 4 is 0 Å². The van der Waals surface area contributed by atoms with Crippen LogP contribution in [-0.2, 0) is 0 Å². The number of nitrogens with zero attached hydrogens (tertiary/aromatic N) is 2. The Labute approximate surface area is 119 Å². The van der Waals surface area contributed by atoms with E-state index in [2.05, 4.69) is 36.0 Å². The third-order valence-corrected chi connectivity index (χ3v) is 4.63. The highest BCUT2D eigenvalue weighted by atomic mass is 15.1. The van der Waals surface area contributed by atoms with Crippen LogP contribution < -0.4 is 5.32 Å². The first-order chi connectivity index (χ1) is 9.13. The Morgan fingerprint density at radius 3 is 2.47 bits per heavy atom. The van der Waals surface area contributed by atoms with E-state index in [0.717, 1.165) is 17.9 Å². The van der Waals surface area contributed by atoms with Crippen LogP contribution in [0.2, 0.25) is 0 Å². The van der Waals surface area contributed by atoms with E-state index in [9.17, 15) is 0 Å². The summed E-state index contributed by atoms with van der Waals surface area (Å²) in [5.74, 6) is 1.69. The quantitative estimate of drug-likeness (QED) is 0.822. The van der Waals surface area contributed by atoms with Gasteiger partial charge in [-0.25, -0.2) is 0 Å². The van der Waals surface area contributed by atoms with Gasteiger partial charge in [0.05, 0.1) is 0 Å². The Kier molecular flexibility index (Phi) is 6.11. The van der Waals surface area contributed by atoms with Gasteiger partial charge in [0.25, 0.3) is 0 Å². The highest BCUT2D eigenvalue weighted by Gasteiger charge is 2.22. The minimum absolute atomic E-state index is 0.774. The van der Waals surface area contributed by atoms with Crippen molar-refractivity contribution < 1.29 is 0 Å². The second-order valence-corrected chi connectivity index (χ2v) is 7.15. The standard InChI is InChI=1S/C16H33N3/c1-14(2)12-19-9-6-16(7-10-19)17-11-15-5-4-8-18(3)13-15/h14-17H,4-13H2,1-3H3. The first-order valence-electron chi connectivity index (χ1n) is 8.27. The molecule has 2 fully saturated rings. The Hall–Kier alpha value is -0.120. The van der Waals surface area contributed by atoms with Crippen molar-refractivity contribution in [3.05, 3.63) is 0 Å². The monoisotopic (exact) mass is 267 g/mol. The maximum absolute atomic E-state index is 3.83. The summed E-state index contributed by atoms with van der Waals surface area (Å²) < 4.78 is 0. The molecule has 2 aliphatic heterocycles. The Balaban J connectivity index is 1.60. The average molecular weight is 267 g/mol. The number of likely N-dealkylation sites (tertiary alicyclic amines) is 2. The maximum Gasteiger partial charge on any atom is 0.00915 e. The third kappa shape index (κ3) is 5.41. The lowest BCUT2D eigenvalue weighted by Crippen LogP contribution is -2.46. The molecule has 0 aromatic heterocycles. The highest BCUT2D eigenvalue weighted by Crippen LogP contribution is 2.16. The van der Waals surface area contributed by atoms with Crippen LogP contribution in [0.25, 0.3) is 0 Å². The summed E-state index contributed by atoms with van der Waals surface area (Å²) in [7, 11) is 2.26. The van der Waals surface area contributed by atoms with Crippen molar-refractivity contribution in [3.63, 3.8) is 0 Å². The molecule has 2 rings (SSSR count). The van der Waals surface area contributed by atoms with E-state index in [1.807, 2.05) is 0 Å². The van der Waals surface area contributed by atoms with E-state index in [0.29, 0.717) is 0 Å². The van der Waals surface area contributed by atoms with Gasteiger partial charge >= 0.3 is 0 Å². The molecule has 19 heavy (non-hydrogen) atoms. The van der Waals surface area contributed by atoms with Gasteiger partial charge in [-0.3, -0.25) is 0 Å². The summed E-state index contributed by atoms with van der Waals surface area (Å²) >= 11 is 0. The molecule has 3 heteroatoms. The molecule has 2 saturated heterocycles. The largest absolute Gasteiger partial charge is 0.314 e. The number of piperidine rings is 2. The fourth-order valence-electron chi connectivity index (χ4n) is 3.61. The van der Waals surface area contributed by atoms with Crippen molar-refractivity contribution in [3.8, 4) is 0 Å². The third-order valence-electron chi connectivity index (χ3n) is 4.63. The van der Waals surface area contributed by atoms with Crippen LogP contribution in [0.3, 0.4) is 0 Å². The number of nitrogens with one attached hydrogen (secondary N) is 1. The van der Waals surface area contributed by atoms with Crippen LogP contribution in [-0.4, -0.2) is 62.2 Å². The van der Waals surface area contributed by atoms with Crippen molar-refractivity contribution in [2.45, 2.75) is 45.6 Å². The van der Waals surface area contributed by atoms with Gasteiger partial charge in [-0.2, -0.15) is 0 Å². The van der Waals surface area contributed by atoms with Gasteiger partial charge in [-0.05, 0) is 70.7 Å². The van der Waals surface area contributed by atoms with E-state index in [-0.39, 0.29) is 0 Å². The van der Waals surface area contributed by atoms with Crippen LogP contribution in [0.15, 0.2) is 0 Å². The van der Waals surface area contributed by atoms with Gasteiger partial charge in [0.15, 0.2) is 0 Å². The zero-order valence-electron chi connectivity index (χ0n) is 13.2. The fourth-order valence-corrected chi connectivity index (χ4v) is 3.61. The summed E-state index contributed by atoms with van der Waals surface area (Å²) in [6, 6.07) is 0.774. The SMILES string of the molecule is CC(C)CN1CCC(NCC2CCCN(C)C2)CC1. The maximum atomic E-state index is 3.83. The molecular formula is C16H33N3. The summed E-state index contributed by atoms with van der Waals surface area (Å²) in [5, 5.41) is 3.83. The molecule has 1 N–H and O–H groups in total. The summed E-state index contributed by atoms with van der Waals surface area (Å²) in [6.45, 7) is 12.3. The molecule has 0 aliphatic carbocycles. The van der Waals surface area contributed by atoms with Crippen molar-refractivity contribution in [1.29, 1.82) is 0 Å². The molecular weight excluding hydrogens is 234 g/mol. The molecule has 0 radical (unpaired) electrons. The van der Waals surface area contributed by atoms with E-state index in [4.69, 9.17) is 0 Å². The van der Waals surface area contributed by atoms with E-state index in [1.165, 1.54) is 65.0 Å². The molecule has 0 spiro atoms. The van der Waals surface area contributed by atoms with Crippen LogP contribution in [0.5, 0.6) is 0 Å². The van der Waals surface area contributed by atoms with Crippen LogP contribution in [0.4, 0.5) is 0 Å². The zero-order chi connectivity index (χ0) is 13.7. The normalized spacial score (nSPS) is 28.1. The van der Waals surface area contributed by atoms with Crippen LogP contribution in [0.1, 0.15) is 39.5 Å². The first kappa shape index (κ1) is 15.3. The minimum atomic E-state index is 0.774. The van der Waals surface area contributed by atoms with Gasteiger partial charge in [-0.1, -0.05) is 13.8 Å². The van der Waals surface area contributed by atoms with Crippen molar-refractivity contribution in [2.75, 3.05) is 46.3 Å². The molecule has 0 saturated carbocycles. The molecule has 3 nitrogen and oxygen atoms in total. The lowest BCUT2D eigenvalue weighted by atomic mass is 9.97. The van der Waals surface area contributed by atoms with Crippen molar-refractivity contribution in [1.82, 2.24) is 15.1 Å². The number of hydrogen-bond donors (Lipinski definition) is 1. The summed E-state index contributed by atoms with van der Waals surface area (Å²) in [4.78, 5) is 5.12. The second-order valence-electron chi connectivity index (χ2n) is 7.15. The number of rotatable bonds is 5. The molecule has 112 valence electrons. The predicted molar refractivity (Wildman–Crippen MR) is 82.5 cm³/mol. The van der Waals surface area contributed by atoms with E-state index < -0.39 is 0 Å². The van der Waals surface area contributed by atoms with Gasteiger partial charge in [0.2, 0.25) is 0 Å². The van der Waals surface area contributed by atoms with Gasteiger partial charge in [0.1, 0.15) is 0 Å². The first-order valence-corrected chi connectivity index (χ1v) is 8.27. The topological polar surface area (TPSA) is 18.5 Å². The van der Waals surface area contributed by atoms with E-state index >= 15 is 0 Å². The summed E-state index contributed by atoms with van der Waals surface area (Å²) in [6.07, 6.45) is 5.49. The Bertz CT molecular complexity index is 246. The molecule has 1 unspecified atom stereocenters. The molecule has 0 amide bonds. The Morgan fingerprint density at radius 2 is 1.84 bits per heavy atom. The molecule has 2 aliphatic rings. The van der Waals surface area contributed by atoms with Gasteiger partial charge < -0.3 is 15.1 Å². The lowest BCUT2D eigenvalue weighted by Gasteiger charge is -2.35. The highest BCUT2D eigenvalue weighted by molar-refractivity contribution is 4.80. The lowest BCUT2D eigenvalue weighted by molar-refractivity contribution is 0.165. The molecule has 0 aromatic carbocycles. The number of hydrogen-bond acceptors (Lipinski definition) is 3. The smallest absolute Gasteiger partial charge is 0.00915 e. The van der Waals surface area contributed by atoms with Gasteiger partial charge in [-0.15, -0.1) is 0 Å². The van der Waals surface area contributed by atoms with Crippen LogP contribution >= 0.6 is 0 Å². The molecule has 1 atom stereocenters. The summed E-state index contributed by atoms with van der Waals surface area (Å²) in [5.41, 5.74) is 0. The molecule has 0 aromatic rings. The molecule has 2 heterocycles. The molecule has 0 bridgehead atoms. The second kappa shape index (κ2) is 7.61. The van der Waals surface area contributed by atoms with Gasteiger partial charge in [0, 0.05) is 19.1 Å². The predicted octanol–water partition coefficient (Wildman–Crippen LogP) is 2.04. The van der Waals surface area contributed by atoms with Crippen molar-refractivity contribution in [2.24, 2.45) is 11.8 Å². The zero-order valence-corrected chi connectivity index (χ0v) is 13.2. The minimum Gasteiger partial charge on any atom is -0.314 e. The fraction of sp³-hybridized carbons (Fsp3) is 1.00. The van der Waals surface area contributed by atoms with Crippen LogP contribution in [0, 0.1) is 11.8 Å².